The minimum absolute atomic E-state index is 0.426. The minimum Gasteiger partial charge on any atom is -0.480 e. The molecule has 5 heteroatoms. The number of aliphatic carboxylic acids is 1. The number of hydrogen-bond donors (Lipinski definition) is 1. The molecule has 1 rings (SSSR count). The summed E-state index contributed by atoms with van der Waals surface area (Å²) in [5.41, 5.74) is 0.756. The lowest BCUT2D eigenvalue weighted by molar-refractivity contribution is -0.138. The van der Waals surface area contributed by atoms with Crippen LogP contribution in [-0.2, 0) is 4.79 Å². The Labute approximate surface area is 105 Å². The van der Waals surface area contributed by atoms with E-state index in [-0.39, 0.29) is 0 Å². The number of hydrogen-bond acceptors (Lipinski definition) is 2. The summed E-state index contributed by atoms with van der Waals surface area (Å²) in [6.07, 6.45) is 0. The van der Waals surface area contributed by atoms with Crippen LogP contribution in [0.25, 0.3) is 0 Å². The summed E-state index contributed by atoms with van der Waals surface area (Å²) in [6, 6.07) is 4.50. The summed E-state index contributed by atoms with van der Waals surface area (Å²) in [5, 5.41) is 9.86. The van der Waals surface area contributed by atoms with Gasteiger partial charge in [-0.1, -0.05) is 23.2 Å². The standard InChI is InChI=1S/C11H13Cl2NO2/c1-3-14(7(2)11(15)16)8-4-5-9(12)10(13)6-8/h4-7H,3H2,1-2H3,(H,15,16)/t7-/m1/s1. The second kappa shape index (κ2) is 5.41. The van der Waals surface area contributed by atoms with Crippen molar-refractivity contribution in [2.45, 2.75) is 19.9 Å². The van der Waals surface area contributed by atoms with E-state index in [2.05, 4.69) is 0 Å². The number of nitrogens with zero attached hydrogens (tertiary/aromatic N) is 1. The van der Waals surface area contributed by atoms with Crippen molar-refractivity contribution in [1.82, 2.24) is 0 Å². The number of anilines is 1. The van der Waals surface area contributed by atoms with Gasteiger partial charge in [0.15, 0.2) is 0 Å². The molecule has 1 aromatic carbocycles. The van der Waals surface area contributed by atoms with Crippen molar-refractivity contribution in [3.05, 3.63) is 28.2 Å². The molecule has 0 bridgehead atoms. The van der Waals surface area contributed by atoms with Gasteiger partial charge in [-0.2, -0.15) is 0 Å². The fraction of sp³-hybridized carbons (Fsp3) is 0.364. The molecule has 0 radical (unpaired) electrons. The summed E-state index contributed by atoms with van der Waals surface area (Å²) >= 11 is 11.7. The second-order valence-corrected chi connectivity index (χ2v) is 4.21. The predicted octanol–water partition coefficient (Wildman–Crippen LogP) is 3.29. The maximum Gasteiger partial charge on any atom is 0.326 e. The van der Waals surface area contributed by atoms with Crippen LogP contribution >= 0.6 is 23.2 Å². The third kappa shape index (κ3) is 2.80. The van der Waals surface area contributed by atoms with Crippen molar-refractivity contribution in [2.75, 3.05) is 11.4 Å². The fourth-order valence-corrected chi connectivity index (χ4v) is 1.77. The molecule has 1 aromatic rings. The minimum atomic E-state index is -0.868. The molecule has 0 saturated heterocycles. The van der Waals surface area contributed by atoms with E-state index in [9.17, 15) is 4.79 Å². The van der Waals surface area contributed by atoms with Crippen molar-refractivity contribution in [1.29, 1.82) is 0 Å². The second-order valence-electron chi connectivity index (χ2n) is 3.40. The van der Waals surface area contributed by atoms with E-state index in [0.29, 0.717) is 16.6 Å². The van der Waals surface area contributed by atoms with Crippen LogP contribution in [0.3, 0.4) is 0 Å². The SMILES string of the molecule is CCN(c1ccc(Cl)c(Cl)c1)[C@H](C)C(=O)O. The number of benzene rings is 1. The Morgan fingerprint density at radius 1 is 1.44 bits per heavy atom. The average molecular weight is 262 g/mol. The number of carbonyl (C=O) groups is 1. The van der Waals surface area contributed by atoms with E-state index < -0.39 is 12.0 Å². The topological polar surface area (TPSA) is 40.5 Å². The van der Waals surface area contributed by atoms with Gasteiger partial charge in [-0.05, 0) is 32.0 Å². The molecule has 0 fully saturated rings. The zero-order valence-corrected chi connectivity index (χ0v) is 10.6. The number of rotatable bonds is 4. The Balaban J connectivity index is 3.04. The monoisotopic (exact) mass is 261 g/mol. The molecule has 0 amide bonds. The van der Waals surface area contributed by atoms with Gasteiger partial charge in [0.25, 0.3) is 0 Å². The van der Waals surface area contributed by atoms with Crippen molar-refractivity contribution in [3.8, 4) is 0 Å². The Bertz CT molecular complexity index is 396. The van der Waals surface area contributed by atoms with Gasteiger partial charge in [0.1, 0.15) is 6.04 Å². The molecular formula is C11H13Cl2NO2. The molecule has 1 atom stereocenters. The number of carboxylic acid groups (broad SMARTS) is 1. The lowest BCUT2D eigenvalue weighted by atomic mass is 10.2. The first-order valence-corrected chi connectivity index (χ1v) is 5.67. The van der Waals surface area contributed by atoms with Crippen molar-refractivity contribution < 1.29 is 9.90 Å². The molecule has 0 aliphatic heterocycles. The lowest BCUT2D eigenvalue weighted by Crippen LogP contribution is -2.38. The van der Waals surface area contributed by atoms with Crippen LogP contribution in [-0.4, -0.2) is 23.7 Å². The van der Waals surface area contributed by atoms with Crippen LogP contribution in [0.5, 0.6) is 0 Å². The van der Waals surface area contributed by atoms with E-state index in [1.165, 1.54) is 0 Å². The summed E-state index contributed by atoms with van der Waals surface area (Å²) < 4.78 is 0. The van der Waals surface area contributed by atoms with E-state index >= 15 is 0 Å². The summed E-state index contributed by atoms with van der Waals surface area (Å²) in [5.74, 6) is -0.868. The van der Waals surface area contributed by atoms with E-state index in [4.69, 9.17) is 28.3 Å². The zero-order chi connectivity index (χ0) is 12.3. The smallest absolute Gasteiger partial charge is 0.326 e. The molecule has 0 aliphatic carbocycles. The highest BCUT2D eigenvalue weighted by molar-refractivity contribution is 6.42. The van der Waals surface area contributed by atoms with Gasteiger partial charge in [0.05, 0.1) is 10.0 Å². The van der Waals surface area contributed by atoms with Gasteiger partial charge in [-0.15, -0.1) is 0 Å². The number of likely N-dealkylation sites (N-methyl/N-ethyl adjacent to an activating group) is 1. The van der Waals surface area contributed by atoms with Gasteiger partial charge >= 0.3 is 5.97 Å². The van der Waals surface area contributed by atoms with Gasteiger partial charge in [0.2, 0.25) is 0 Å². The molecule has 3 nitrogen and oxygen atoms in total. The van der Waals surface area contributed by atoms with Gasteiger partial charge in [-0.25, -0.2) is 4.79 Å². The molecule has 0 saturated carbocycles. The van der Waals surface area contributed by atoms with Crippen LogP contribution in [0, 0.1) is 0 Å². The van der Waals surface area contributed by atoms with Gasteiger partial charge in [0, 0.05) is 12.2 Å². The van der Waals surface area contributed by atoms with E-state index in [1.807, 2.05) is 6.92 Å². The normalized spacial score (nSPS) is 12.2. The average Bonchev–Trinajstić information content (AvgIpc) is 2.24. The van der Waals surface area contributed by atoms with Crippen LogP contribution < -0.4 is 4.90 Å². The Morgan fingerprint density at radius 3 is 2.50 bits per heavy atom. The van der Waals surface area contributed by atoms with Crippen molar-refractivity contribution >= 4 is 34.9 Å². The predicted molar refractivity (Wildman–Crippen MR) is 66.6 cm³/mol. The Hall–Kier alpha value is -0.930. The summed E-state index contributed by atoms with van der Waals surface area (Å²) in [4.78, 5) is 12.7. The summed E-state index contributed by atoms with van der Waals surface area (Å²) in [7, 11) is 0. The highest BCUT2D eigenvalue weighted by Gasteiger charge is 2.19. The van der Waals surface area contributed by atoms with Crippen molar-refractivity contribution in [2.24, 2.45) is 0 Å². The first-order valence-electron chi connectivity index (χ1n) is 4.91. The van der Waals surface area contributed by atoms with Gasteiger partial charge < -0.3 is 10.0 Å². The lowest BCUT2D eigenvalue weighted by Gasteiger charge is -2.27. The molecule has 88 valence electrons. The van der Waals surface area contributed by atoms with Crippen molar-refractivity contribution in [3.63, 3.8) is 0 Å². The molecular weight excluding hydrogens is 249 g/mol. The van der Waals surface area contributed by atoms with E-state index in [0.717, 1.165) is 5.69 Å². The molecule has 0 unspecified atom stereocenters. The third-order valence-corrected chi connectivity index (χ3v) is 3.14. The fourth-order valence-electron chi connectivity index (χ4n) is 1.48. The summed E-state index contributed by atoms with van der Waals surface area (Å²) in [6.45, 7) is 4.11. The molecule has 16 heavy (non-hydrogen) atoms. The molecule has 0 aromatic heterocycles. The first kappa shape index (κ1) is 13.1. The zero-order valence-electron chi connectivity index (χ0n) is 9.08. The van der Waals surface area contributed by atoms with Crippen LogP contribution in [0.15, 0.2) is 18.2 Å². The van der Waals surface area contributed by atoms with Crippen LogP contribution in [0.4, 0.5) is 5.69 Å². The molecule has 0 spiro atoms. The van der Waals surface area contributed by atoms with E-state index in [1.54, 1.807) is 30.0 Å². The highest BCUT2D eigenvalue weighted by atomic mass is 35.5. The molecule has 0 heterocycles. The first-order chi connectivity index (χ1) is 7.47. The molecule has 1 N–H and O–H groups in total. The van der Waals surface area contributed by atoms with Crippen LogP contribution in [0.2, 0.25) is 10.0 Å². The number of carboxylic acids is 1. The number of halogens is 2. The maximum absolute atomic E-state index is 10.9. The Kier molecular flexibility index (Phi) is 4.44. The Morgan fingerprint density at radius 2 is 2.06 bits per heavy atom. The highest BCUT2D eigenvalue weighted by Crippen LogP contribution is 2.28. The largest absolute Gasteiger partial charge is 0.480 e. The van der Waals surface area contributed by atoms with Crippen LogP contribution in [0.1, 0.15) is 13.8 Å². The molecule has 0 aliphatic rings. The maximum atomic E-state index is 10.9. The third-order valence-electron chi connectivity index (χ3n) is 2.40. The van der Waals surface area contributed by atoms with Gasteiger partial charge in [-0.3, -0.25) is 0 Å². The quantitative estimate of drug-likeness (QED) is 0.905.